The number of ether oxygens (including phenoxy) is 2. The molecule has 0 aliphatic carbocycles. The van der Waals surface area contributed by atoms with Crippen LogP contribution in [0.2, 0.25) is 0 Å². The summed E-state index contributed by atoms with van der Waals surface area (Å²) in [5.74, 6) is -2.70. The molecule has 3 aliphatic heterocycles. The molecule has 3 heterocycles. The quantitative estimate of drug-likeness (QED) is 0.184. The molecule has 0 spiro atoms. The second kappa shape index (κ2) is 16.6. The SMILES string of the molecule is CC(C)[C@H]1NC(=O)[C@@H]2CSSCC/C=C/[C@H](CC(=O)N[C@H](CCC(=O)N3CCOCC3)C(=O)N2)OC(=O)CNC1=O. The van der Waals surface area contributed by atoms with Crippen LogP contribution in [0.1, 0.15) is 39.5 Å². The Morgan fingerprint density at radius 3 is 2.51 bits per heavy atom. The summed E-state index contributed by atoms with van der Waals surface area (Å²) >= 11 is 0. The summed E-state index contributed by atoms with van der Waals surface area (Å²) in [6, 6.07) is -3.11. The fourth-order valence-electron chi connectivity index (χ4n) is 4.36. The third-order valence-corrected chi connectivity index (χ3v) is 9.10. The Morgan fingerprint density at radius 2 is 1.78 bits per heavy atom. The Hall–Kier alpha value is -2.78. The first kappa shape index (κ1) is 32.7. The molecule has 2 saturated heterocycles. The van der Waals surface area contributed by atoms with E-state index in [1.807, 2.05) is 0 Å². The van der Waals surface area contributed by atoms with Gasteiger partial charge in [0.15, 0.2) is 0 Å². The second-order valence-electron chi connectivity index (χ2n) is 10.2. The molecule has 228 valence electrons. The highest BCUT2D eigenvalue weighted by Crippen LogP contribution is 2.24. The fourth-order valence-corrected chi connectivity index (χ4v) is 6.51. The minimum absolute atomic E-state index is 0.00130. The van der Waals surface area contributed by atoms with Crippen molar-refractivity contribution < 1.29 is 38.2 Å². The van der Waals surface area contributed by atoms with Gasteiger partial charge in [0, 0.05) is 31.0 Å². The number of carbonyl (C=O) groups is 6. The van der Waals surface area contributed by atoms with Crippen molar-refractivity contribution in [3.63, 3.8) is 0 Å². The lowest BCUT2D eigenvalue weighted by molar-refractivity contribution is -0.148. The van der Waals surface area contributed by atoms with Gasteiger partial charge in [-0.1, -0.05) is 41.5 Å². The van der Waals surface area contributed by atoms with E-state index in [-0.39, 0.29) is 36.8 Å². The Labute approximate surface area is 247 Å². The van der Waals surface area contributed by atoms with Gasteiger partial charge < -0.3 is 35.6 Å². The molecule has 15 heteroatoms. The van der Waals surface area contributed by atoms with E-state index in [9.17, 15) is 28.8 Å². The van der Waals surface area contributed by atoms with Crippen LogP contribution in [0.15, 0.2) is 12.2 Å². The number of hydrogen-bond acceptors (Lipinski definition) is 10. The summed E-state index contributed by atoms with van der Waals surface area (Å²) in [5, 5.41) is 10.6. The van der Waals surface area contributed by atoms with Crippen molar-refractivity contribution in [2.45, 2.75) is 63.8 Å². The van der Waals surface area contributed by atoms with Crippen LogP contribution in [0.5, 0.6) is 0 Å². The molecule has 0 unspecified atom stereocenters. The lowest BCUT2D eigenvalue weighted by Crippen LogP contribution is -2.59. The number of carbonyl (C=O) groups excluding carboxylic acids is 6. The van der Waals surface area contributed by atoms with Crippen LogP contribution in [0.25, 0.3) is 0 Å². The van der Waals surface area contributed by atoms with Crippen molar-refractivity contribution in [2.24, 2.45) is 5.92 Å². The minimum atomic E-state index is -1.12. The average Bonchev–Trinajstić information content (AvgIpc) is 2.94. The molecule has 2 bridgehead atoms. The lowest BCUT2D eigenvalue weighted by atomic mass is 10.0. The number of rotatable bonds is 4. The third kappa shape index (κ3) is 10.9. The fraction of sp³-hybridized carbons (Fsp3) is 0.692. The number of nitrogens with zero attached hydrogens (tertiary/aromatic N) is 1. The summed E-state index contributed by atoms with van der Waals surface area (Å²) in [6.07, 6.45) is 2.84. The molecule has 5 amide bonds. The van der Waals surface area contributed by atoms with E-state index in [1.54, 1.807) is 30.9 Å². The number of esters is 1. The maximum atomic E-state index is 13.5. The molecule has 0 aromatic rings. The largest absolute Gasteiger partial charge is 0.456 e. The molecular formula is C26H39N5O8S2. The summed E-state index contributed by atoms with van der Waals surface area (Å²) in [5.41, 5.74) is 0. The Morgan fingerprint density at radius 1 is 1.02 bits per heavy atom. The van der Waals surface area contributed by atoms with E-state index >= 15 is 0 Å². The van der Waals surface area contributed by atoms with Crippen molar-refractivity contribution in [3.8, 4) is 0 Å². The van der Waals surface area contributed by atoms with E-state index in [2.05, 4.69) is 21.3 Å². The smallest absolute Gasteiger partial charge is 0.326 e. The second-order valence-corrected chi connectivity index (χ2v) is 12.8. The van der Waals surface area contributed by atoms with E-state index in [4.69, 9.17) is 9.47 Å². The number of allylic oxidation sites excluding steroid dienone is 1. The number of nitrogens with one attached hydrogen (secondary N) is 4. The molecule has 0 aromatic heterocycles. The first-order valence-corrected chi connectivity index (χ1v) is 16.3. The van der Waals surface area contributed by atoms with Gasteiger partial charge in [0.1, 0.15) is 30.8 Å². The Kier molecular flexibility index (Phi) is 13.3. The van der Waals surface area contributed by atoms with Crippen LogP contribution in [0, 0.1) is 5.92 Å². The maximum Gasteiger partial charge on any atom is 0.326 e. The highest BCUT2D eigenvalue weighted by atomic mass is 33.1. The monoisotopic (exact) mass is 613 g/mol. The summed E-state index contributed by atoms with van der Waals surface area (Å²) in [6.45, 7) is 4.82. The number of amides is 5. The Balaban J connectivity index is 1.89. The molecule has 3 aliphatic rings. The van der Waals surface area contributed by atoms with Gasteiger partial charge in [-0.15, -0.1) is 0 Å². The van der Waals surface area contributed by atoms with Crippen molar-refractivity contribution in [2.75, 3.05) is 44.4 Å². The summed E-state index contributed by atoms with van der Waals surface area (Å²) < 4.78 is 10.8. The molecule has 4 N–H and O–H groups in total. The first-order valence-electron chi connectivity index (χ1n) is 13.8. The molecular weight excluding hydrogens is 574 g/mol. The summed E-state index contributed by atoms with van der Waals surface area (Å²) in [7, 11) is 2.89. The standard InChI is InChI=1S/C26H39N5O8S2/c1-16(2)23-26(37)27-14-22(34)39-17-5-3-4-12-40-41-15-19(25(36)30-23)29-24(35)18(28-20(32)13-17)6-7-21(33)31-8-10-38-11-9-31/h3,5,16-19,23H,4,6-15H2,1-2H3,(H,27,37)(H,28,32)(H,29,35)(H,30,36)/b5-3+/t17-,18-,19+,23-/m1/s1. The molecule has 4 atom stereocenters. The first-order chi connectivity index (χ1) is 19.6. The lowest BCUT2D eigenvalue weighted by Gasteiger charge is -2.28. The van der Waals surface area contributed by atoms with Gasteiger partial charge in [-0.05, 0) is 24.8 Å². The molecule has 13 nitrogen and oxygen atoms in total. The van der Waals surface area contributed by atoms with E-state index in [0.717, 1.165) is 0 Å². The minimum Gasteiger partial charge on any atom is -0.456 e. The van der Waals surface area contributed by atoms with Crippen molar-refractivity contribution in [3.05, 3.63) is 12.2 Å². The van der Waals surface area contributed by atoms with E-state index in [1.165, 1.54) is 21.6 Å². The van der Waals surface area contributed by atoms with Gasteiger partial charge in [-0.2, -0.15) is 0 Å². The van der Waals surface area contributed by atoms with E-state index < -0.39 is 60.4 Å². The summed E-state index contributed by atoms with van der Waals surface area (Å²) in [4.78, 5) is 79.7. The number of morpholine rings is 1. The highest BCUT2D eigenvalue weighted by Gasteiger charge is 2.33. The third-order valence-electron chi connectivity index (χ3n) is 6.66. The van der Waals surface area contributed by atoms with Crippen LogP contribution < -0.4 is 21.3 Å². The average molecular weight is 614 g/mol. The van der Waals surface area contributed by atoms with Crippen LogP contribution in [-0.2, 0) is 38.2 Å². The van der Waals surface area contributed by atoms with Gasteiger partial charge >= 0.3 is 5.97 Å². The topological polar surface area (TPSA) is 172 Å². The Bertz CT molecular complexity index is 1000. The highest BCUT2D eigenvalue weighted by molar-refractivity contribution is 8.76. The number of hydrogen-bond donors (Lipinski definition) is 4. The van der Waals surface area contributed by atoms with Crippen molar-refractivity contribution in [1.29, 1.82) is 0 Å². The normalized spacial score (nSPS) is 28.5. The van der Waals surface area contributed by atoms with Crippen LogP contribution in [-0.4, -0.2) is 109 Å². The van der Waals surface area contributed by atoms with Gasteiger partial charge in [-0.25, -0.2) is 0 Å². The maximum absolute atomic E-state index is 13.5. The molecule has 0 saturated carbocycles. The zero-order valence-corrected chi connectivity index (χ0v) is 25.0. The van der Waals surface area contributed by atoms with Gasteiger partial charge in [0.25, 0.3) is 0 Å². The van der Waals surface area contributed by atoms with Crippen molar-refractivity contribution in [1.82, 2.24) is 26.2 Å². The van der Waals surface area contributed by atoms with Gasteiger partial charge in [0.05, 0.1) is 19.6 Å². The van der Waals surface area contributed by atoms with Gasteiger partial charge in [-0.3, -0.25) is 28.8 Å². The van der Waals surface area contributed by atoms with Gasteiger partial charge in [0.2, 0.25) is 29.5 Å². The molecule has 0 radical (unpaired) electrons. The van der Waals surface area contributed by atoms with Crippen LogP contribution in [0.3, 0.4) is 0 Å². The molecule has 2 fully saturated rings. The number of fused-ring (bicyclic) bond motifs is 7. The molecule has 41 heavy (non-hydrogen) atoms. The predicted octanol–water partition coefficient (Wildman–Crippen LogP) is -0.491. The molecule has 3 rings (SSSR count). The van der Waals surface area contributed by atoms with Crippen LogP contribution in [0.4, 0.5) is 0 Å². The van der Waals surface area contributed by atoms with Crippen molar-refractivity contribution >= 4 is 57.1 Å². The predicted molar refractivity (Wildman–Crippen MR) is 153 cm³/mol. The molecule has 0 aromatic carbocycles. The zero-order chi connectivity index (χ0) is 29.8. The van der Waals surface area contributed by atoms with Crippen LogP contribution >= 0.6 is 21.6 Å². The zero-order valence-electron chi connectivity index (χ0n) is 23.3. The van der Waals surface area contributed by atoms with E-state index in [0.29, 0.717) is 38.5 Å².